The van der Waals surface area contributed by atoms with Crippen LogP contribution in [0.4, 0.5) is 0 Å². The summed E-state index contributed by atoms with van der Waals surface area (Å²) in [4.78, 5) is 19.6. The summed E-state index contributed by atoms with van der Waals surface area (Å²) in [6, 6.07) is 7.70. The van der Waals surface area contributed by atoms with Crippen LogP contribution in [0.5, 0.6) is 0 Å². The smallest absolute Gasteiger partial charge is 0.323 e. The third-order valence-electron chi connectivity index (χ3n) is 3.03. The summed E-state index contributed by atoms with van der Waals surface area (Å²) in [5, 5.41) is 4.05. The second-order valence-electron chi connectivity index (χ2n) is 4.56. The van der Waals surface area contributed by atoms with Crippen molar-refractivity contribution in [3.8, 4) is 0 Å². The number of imidazole rings is 1. The minimum Gasteiger partial charge on any atom is -0.465 e. The molecule has 0 radical (unpaired) electrons. The molecule has 5 nitrogen and oxygen atoms in total. The highest BCUT2D eigenvalue weighted by Gasteiger charge is 2.18. The molecule has 0 aliphatic carbocycles. The third-order valence-corrected chi connectivity index (χ3v) is 3.94. The monoisotopic (exact) mass is 307 g/mol. The number of aromatic nitrogens is 2. The summed E-state index contributed by atoms with van der Waals surface area (Å²) in [5.41, 5.74) is 2.00. The van der Waals surface area contributed by atoms with Crippen molar-refractivity contribution in [1.82, 2.24) is 15.3 Å². The Balaban J connectivity index is 1.87. The first-order valence-corrected chi connectivity index (χ1v) is 8.20. The van der Waals surface area contributed by atoms with E-state index in [2.05, 4.69) is 15.3 Å². The fourth-order valence-electron chi connectivity index (χ4n) is 2.06. The third kappa shape index (κ3) is 4.47. The van der Waals surface area contributed by atoms with Crippen LogP contribution in [0.3, 0.4) is 0 Å². The van der Waals surface area contributed by atoms with Crippen molar-refractivity contribution in [3.63, 3.8) is 0 Å². The van der Waals surface area contributed by atoms with Crippen LogP contribution in [0, 0.1) is 0 Å². The number of likely N-dealkylation sites (N-methyl/N-ethyl adjacent to an activating group) is 1. The predicted molar refractivity (Wildman–Crippen MR) is 85.5 cm³/mol. The lowest BCUT2D eigenvalue weighted by Crippen LogP contribution is -2.38. The van der Waals surface area contributed by atoms with Gasteiger partial charge in [-0.2, -0.15) is 0 Å². The van der Waals surface area contributed by atoms with Gasteiger partial charge in [-0.25, -0.2) is 4.98 Å². The van der Waals surface area contributed by atoms with Gasteiger partial charge in [0, 0.05) is 5.75 Å². The van der Waals surface area contributed by atoms with E-state index in [9.17, 15) is 4.79 Å². The molecule has 0 fully saturated rings. The topological polar surface area (TPSA) is 67.0 Å². The maximum atomic E-state index is 11.8. The lowest BCUT2D eigenvalue weighted by molar-refractivity contribution is -0.145. The fraction of sp³-hybridized carbons (Fsp3) is 0.467. The van der Waals surface area contributed by atoms with Crippen molar-refractivity contribution in [3.05, 3.63) is 24.3 Å². The molecule has 0 spiro atoms. The maximum absolute atomic E-state index is 11.8. The Labute approximate surface area is 128 Å². The number of rotatable bonds is 8. The van der Waals surface area contributed by atoms with Crippen molar-refractivity contribution >= 4 is 28.8 Å². The fourth-order valence-corrected chi connectivity index (χ4v) is 2.96. The summed E-state index contributed by atoms with van der Waals surface area (Å²) < 4.78 is 5.07. The van der Waals surface area contributed by atoms with Gasteiger partial charge in [-0.05, 0) is 32.0 Å². The minimum absolute atomic E-state index is 0.176. The highest BCUT2D eigenvalue weighted by molar-refractivity contribution is 7.99. The molecular weight excluding hydrogens is 286 g/mol. The van der Waals surface area contributed by atoms with Gasteiger partial charge in [-0.1, -0.05) is 30.8 Å². The number of nitrogens with one attached hydrogen (secondary N) is 2. The maximum Gasteiger partial charge on any atom is 0.323 e. The lowest BCUT2D eigenvalue weighted by atomic mass is 10.2. The van der Waals surface area contributed by atoms with E-state index in [1.165, 1.54) is 0 Å². The van der Waals surface area contributed by atoms with Crippen LogP contribution < -0.4 is 5.32 Å². The van der Waals surface area contributed by atoms with Gasteiger partial charge in [0.05, 0.1) is 17.6 Å². The van der Waals surface area contributed by atoms with Gasteiger partial charge in [-0.3, -0.25) is 4.79 Å². The molecule has 21 heavy (non-hydrogen) atoms. The predicted octanol–water partition coefficient (Wildman–Crippen LogP) is 2.59. The van der Waals surface area contributed by atoms with Crippen molar-refractivity contribution < 1.29 is 9.53 Å². The summed E-state index contributed by atoms with van der Waals surface area (Å²) in [6.07, 6.45) is 0.717. The van der Waals surface area contributed by atoms with E-state index in [0.29, 0.717) is 13.0 Å². The molecule has 0 aliphatic rings. The van der Waals surface area contributed by atoms with E-state index in [1.807, 2.05) is 38.1 Å². The second kappa shape index (κ2) is 8.05. The Hall–Kier alpha value is -1.53. The van der Waals surface area contributed by atoms with Crippen LogP contribution >= 0.6 is 11.8 Å². The molecule has 1 atom stereocenters. The highest BCUT2D eigenvalue weighted by atomic mass is 32.2. The van der Waals surface area contributed by atoms with Crippen LogP contribution in [0.1, 0.15) is 20.3 Å². The van der Waals surface area contributed by atoms with E-state index in [-0.39, 0.29) is 12.0 Å². The van der Waals surface area contributed by atoms with Crippen molar-refractivity contribution in [2.24, 2.45) is 0 Å². The van der Waals surface area contributed by atoms with E-state index >= 15 is 0 Å². The number of para-hydroxylation sites is 2. The minimum atomic E-state index is -0.244. The van der Waals surface area contributed by atoms with E-state index in [4.69, 9.17) is 4.74 Å². The molecule has 1 aromatic carbocycles. The van der Waals surface area contributed by atoms with Crippen LogP contribution in [-0.2, 0) is 9.53 Å². The number of hydrogen-bond acceptors (Lipinski definition) is 5. The SMILES string of the molecule is CCNC(CCSc1nc2ccccc2[nH]1)C(=O)OCC. The normalized spacial score (nSPS) is 12.5. The summed E-state index contributed by atoms with van der Waals surface area (Å²) >= 11 is 1.62. The number of benzene rings is 1. The number of esters is 1. The zero-order valence-corrected chi connectivity index (χ0v) is 13.2. The van der Waals surface area contributed by atoms with Crippen molar-refractivity contribution in [1.29, 1.82) is 0 Å². The highest BCUT2D eigenvalue weighted by Crippen LogP contribution is 2.20. The number of carbonyl (C=O) groups is 1. The number of thioether (sulfide) groups is 1. The average molecular weight is 307 g/mol. The van der Waals surface area contributed by atoms with Gasteiger partial charge in [0.25, 0.3) is 0 Å². The number of fused-ring (bicyclic) bond motifs is 1. The molecule has 1 unspecified atom stereocenters. The molecule has 2 N–H and O–H groups in total. The first-order valence-electron chi connectivity index (χ1n) is 7.22. The van der Waals surface area contributed by atoms with Crippen LogP contribution in [-0.4, -0.2) is 40.9 Å². The Bertz CT molecular complexity index is 552. The Morgan fingerprint density at radius 3 is 2.95 bits per heavy atom. The second-order valence-corrected chi connectivity index (χ2v) is 5.64. The molecule has 0 saturated carbocycles. The number of aromatic amines is 1. The molecule has 114 valence electrons. The van der Waals surface area contributed by atoms with Crippen LogP contribution in [0.2, 0.25) is 0 Å². The Kier molecular flexibility index (Phi) is 6.07. The van der Waals surface area contributed by atoms with Gasteiger partial charge in [0.1, 0.15) is 6.04 Å². The van der Waals surface area contributed by atoms with Crippen molar-refractivity contribution in [2.75, 3.05) is 18.9 Å². The molecule has 1 aromatic heterocycles. The molecule has 0 amide bonds. The molecule has 1 heterocycles. The number of nitrogens with zero attached hydrogens (tertiary/aromatic N) is 1. The molecule has 2 aromatic rings. The summed E-state index contributed by atoms with van der Waals surface area (Å²) in [7, 11) is 0. The van der Waals surface area contributed by atoms with Gasteiger partial charge >= 0.3 is 5.97 Å². The summed E-state index contributed by atoms with van der Waals surface area (Å²) in [6.45, 7) is 4.97. The first-order chi connectivity index (χ1) is 10.2. The zero-order chi connectivity index (χ0) is 15.1. The Morgan fingerprint density at radius 1 is 1.43 bits per heavy atom. The number of carbonyl (C=O) groups excluding carboxylic acids is 1. The molecule has 6 heteroatoms. The van der Waals surface area contributed by atoms with Crippen LogP contribution in [0.15, 0.2) is 29.4 Å². The molecule has 0 aliphatic heterocycles. The molecule has 0 bridgehead atoms. The van der Waals surface area contributed by atoms with Crippen LogP contribution in [0.25, 0.3) is 11.0 Å². The van der Waals surface area contributed by atoms with Gasteiger partial charge < -0.3 is 15.0 Å². The van der Waals surface area contributed by atoms with Gasteiger partial charge in [0.15, 0.2) is 5.16 Å². The standard InChI is InChI=1S/C15H21N3O2S/c1-3-16-13(14(19)20-4-2)9-10-21-15-17-11-7-5-6-8-12(11)18-15/h5-8,13,16H,3-4,9-10H2,1-2H3,(H,17,18). The quantitative estimate of drug-likeness (QED) is 0.579. The average Bonchev–Trinajstić information content (AvgIpc) is 2.89. The molecular formula is C15H21N3O2S. The van der Waals surface area contributed by atoms with E-state index < -0.39 is 0 Å². The van der Waals surface area contributed by atoms with E-state index in [1.54, 1.807) is 11.8 Å². The number of hydrogen-bond donors (Lipinski definition) is 2. The molecule has 0 saturated heterocycles. The largest absolute Gasteiger partial charge is 0.465 e. The number of H-pyrrole nitrogens is 1. The molecule has 2 rings (SSSR count). The lowest BCUT2D eigenvalue weighted by Gasteiger charge is -2.15. The Morgan fingerprint density at radius 2 is 2.24 bits per heavy atom. The van der Waals surface area contributed by atoms with Crippen molar-refractivity contribution in [2.45, 2.75) is 31.5 Å². The van der Waals surface area contributed by atoms with Gasteiger partial charge in [-0.15, -0.1) is 0 Å². The number of ether oxygens (including phenoxy) is 1. The van der Waals surface area contributed by atoms with E-state index in [0.717, 1.165) is 28.5 Å². The van der Waals surface area contributed by atoms with Gasteiger partial charge in [0.2, 0.25) is 0 Å². The first kappa shape index (κ1) is 15.9. The zero-order valence-electron chi connectivity index (χ0n) is 12.4. The summed E-state index contributed by atoms with van der Waals surface area (Å²) in [5.74, 6) is 0.626.